The molecule has 1 amide bonds. The fraction of sp³-hybridized carbons (Fsp3) is 0.267. The molecule has 0 unspecified atom stereocenters. The first-order valence-electron chi connectivity index (χ1n) is 6.93. The summed E-state index contributed by atoms with van der Waals surface area (Å²) in [5.41, 5.74) is -0.187. The van der Waals surface area contributed by atoms with Crippen LogP contribution in [0.25, 0.3) is 0 Å². The fourth-order valence-corrected chi connectivity index (χ4v) is 1.74. The van der Waals surface area contributed by atoms with Crippen molar-refractivity contribution >= 4 is 17.4 Å². The van der Waals surface area contributed by atoms with Crippen LogP contribution in [0.5, 0.6) is 0 Å². The summed E-state index contributed by atoms with van der Waals surface area (Å²) in [6.07, 6.45) is 2.48. The van der Waals surface area contributed by atoms with E-state index in [1.807, 2.05) is 19.0 Å². The Morgan fingerprint density at radius 2 is 1.87 bits per heavy atom. The highest BCUT2D eigenvalue weighted by Crippen LogP contribution is 2.21. The normalized spacial score (nSPS) is 10.7. The van der Waals surface area contributed by atoms with Gasteiger partial charge < -0.3 is 15.5 Å². The second kappa shape index (κ2) is 7.59. The van der Waals surface area contributed by atoms with Crippen LogP contribution in [0.1, 0.15) is 10.5 Å². The molecule has 2 aromatic rings. The Labute approximate surface area is 132 Å². The molecule has 6 nitrogen and oxygen atoms in total. The number of amides is 1. The van der Waals surface area contributed by atoms with Gasteiger partial charge in [-0.3, -0.25) is 4.79 Å². The molecule has 1 aromatic carbocycles. The van der Waals surface area contributed by atoms with E-state index >= 15 is 0 Å². The number of likely N-dealkylation sites (N-methyl/N-ethyl adjacent to an activating group) is 1. The lowest BCUT2D eigenvalue weighted by atomic mass is 10.3. The van der Waals surface area contributed by atoms with Crippen LogP contribution in [-0.4, -0.2) is 48.0 Å². The number of nitrogens with zero attached hydrogens (tertiary/aromatic N) is 3. The van der Waals surface area contributed by atoms with Crippen molar-refractivity contribution in [2.24, 2.45) is 0 Å². The van der Waals surface area contributed by atoms with Crippen LogP contribution in [0.15, 0.2) is 30.6 Å². The fourth-order valence-electron chi connectivity index (χ4n) is 1.74. The Bertz CT molecular complexity index is 656. The molecule has 0 saturated heterocycles. The van der Waals surface area contributed by atoms with Gasteiger partial charge in [-0.2, -0.15) is 0 Å². The number of carbonyl (C=O) groups excluding carboxylic acids is 1. The van der Waals surface area contributed by atoms with Crippen molar-refractivity contribution in [3.63, 3.8) is 0 Å². The number of nitrogens with one attached hydrogen (secondary N) is 2. The van der Waals surface area contributed by atoms with E-state index in [4.69, 9.17) is 0 Å². The summed E-state index contributed by atoms with van der Waals surface area (Å²) in [7, 11) is 3.79. The van der Waals surface area contributed by atoms with Gasteiger partial charge in [-0.25, -0.2) is 18.7 Å². The molecule has 122 valence electrons. The maximum absolute atomic E-state index is 13.5. The predicted molar refractivity (Wildman–Crippen MR) is 82.6 cm³/mol. The number of hydrogen-bond donors (Lipinski definition) is 2. The van der Waals surface area contributed by atoms with Gasteiger partial charge in [0, 0.05) is 13.1 Å². The molecule has 2 N–H and O–H groups in total. The standard InChI is InChI=1S/C15H17F2N5O/c1-22(2)7-6-18-15(23)12-8-20-13(9-19-12)21-14-10(16)4-3-5-11(14)17/h3-5,8-9H,6-7H2,1-2H3,(H,18,23)(H,20,21). The minimum absolute atomic E-state index is 0.128. The van der Waals surface area contributed by atoms with Crippen LogP contribution >= 0.6 is 0 Å². The van der Waals surface area contributed by atoms with Crippen LogP contribution in [0.2, 0.25) is 0 Å². The molecule has 0 aliphatic heterocycles. The molecule has 0 aliphatic carbocycles. The number of hydrogen-bond acceptors (Lipinski definition) is 5. The van der Waals surface area contributed by atoms with Gasteiger partial charge in [-0.05, 0) is 26.2 Å². The summed E-state index contributed by atoms with van der Waals surface area (Å²) in [5, 5.41) is 5.20. The van der Waals surface area contributed by atoms with Crippen molar-refractivity contribution in [3.05, 3.63) is 47.9 Å². The van der Waals surface area contributed by atoms with Crippen molar-refractivity contribution in [2.75, 3.05) is 32.5 Å². The van der Waals surface area contributed by atoms with Gasteiger partial charge in [0.25, 0.3) is 5.91 Å². The molecule has 0 bridgehead atoms. The average molecular weight is 321 g/mol. The number of anilines is 2. The van der Waals surface area contributed by atoms with Crippen molar-refractivity contribution in [2.45, 2.75) is 0 Å². The highest BCUT2D eigenvalue weighted by molar-refractivity contribution is 5.92. The summed E-state index contributed by atoms with van der Waals surface area (Å²) in [4.78, 5) is 21.6. The van der Waals surface area contributed by atoms with E-state index in [9.17, 15) is 13.6 Å². The number of rotatable bonds is 6. The largest absolute Gasteiger partial charge is 0.349 e. The first-order chi connectivity index (χ1) is 11.0. The third-order valence-electron chi connectivity index (χ3n) is 2.94. The molecular weight excluding hydrogens is 304 g/mol. The molecule has 0 saturated carbocycles. The first kappa shape index (κ1) is 16.8. The predicted octanol–water partition coefficient (Wildman–Crippen LogP) is 1.79. The Hall–Kier alpha value is -2.61. The monoisotopic (exact) mass is 321 g/mol. The molecule has 0 spiro atoms. The Balaban J connectivity index is 2.01. The zero-order chi connectivity index (χ0) is 16.8. The van der Waals surface area contributed by atoms with E-state index in [0.717, 1.165) is 12.1 Å². The second-order valence-electron chi connectivity index (χ2n) is 5.07. The smallest absolute Gasteiger partial charge is 0.271 e. The molecule has 8 heteroatoms. The van der Waals surface area contributed by atoms with Crippen molar-refractivity contribution in [3.8, 4) is 0 Å². The van der Waals surface area contributed by atoms with Crippen LogP contribution in [-0.2, 0) is 0 Å². The third kappa shape index (κ3) is 4.68. The Morgan fingerprint density at radius 1 is 1.17 bits per heavy atom. The minimum Gasteiger partial charge on any atom is -0.349 e. The Kier molecular flexibility index (Phi) is 5.53. The van der Waals surface area contributed by atoms with E-state index in [-0.39, 0.29) is 23.1 Å². The molecular formula is C15H17F2N5O. The van der Waals surface area contributed by atoms with E-state index in [1.165, 1.54) is 18.5 Å². The topological polar surface area (TPSA) is 70.2 Å². The molecule has 0 radical (unpaired) electrons. The quantitative estimate of drug-likeness (QED) is 0.849. The third-order valence-corrected chi connectivity index (χ3v) is 2.94. The number of halogens is 2. The number of aromatic nitrogens is 2. The molecule has 1 heterocycles. The van der Waals surface area contributed by atoms with Crippen LogP contribution in [0.4, 0.5) is 20.3 Å². The van der Waals surface area contributed by atoms with Crippen LogP contribution in [0, 0.1) is 11.6 Å². The summed E-state index contributed by atoms with van der Waals surface area (Å²) in [6, 6.07) is 3.53. The van der Waals surface area contributed by atoms with Gasteiger partial charge in [0.2, 0.25) is 0 Å². The van der Waals surface area contributed by atoms with Crippen LogP contribution < -0.4 is 10.6 Å². The van der Waals surface area contributed by atoms with Gasteiger partial charge in [-0.15, -0.1) is 0 Å². The lowest BCUT2D eigenvalue weighted by molar-refractivity contribution is 0.0945. The van der Waals surface area contributed by atoms with Crippen molar-refractivity contribution in [1.82, 2.24) is 20.2 Å². The van der Waals surface area contributed by atoms with E-state index in [1.54, 1.807) is 0 Å². The van der Waals surface area contributed by atoms with E-state index in [0.29, 0.717) is 13.1 Å². The lowest BCUT2D eigenvalue weighted by Crippen LogP contribution is -2.31. The number of benzene rings is 1. The average Bonchev–Trinajstić information content (AvgIpc) is 2.51. The molecule has 0 atom stereocenters. The highest BCUT2D eigenvalue weighted by Gasteiger charge is 2.11. The molecule has 23 heavy (non-hydrogen) atoms. The zero-order valence-corrected chi connectivity index (χ0v) is 12.8. The second-order valence-corrected chi connectivity index (χ2v) is 5.07. The maximum Gasteiger partial charge on any atom is 0.271 e. The molecule has 2 rings (SSSR count). The SMILES string of the molecule is CN(C)CCNC(=O)c1cnc(Nc2c(F)cccc2F)cn1. The number of carbonyl (C=O) groups is 1. The molecule has 1 aromatic heterocycles. The maximum atomic E-state index is 13.5. The molecule has 0 aliphatic rings. The summed E-state index contributed by atoms with van der Waals surface area (Å²) in [6.45, 7) is 1.18. The van der Waals surface area contributed by atoms with Gasteiger partial charge in [0.15, 0.2) is 0 Å². The zero-order valence-electron chi connectivity index (χ0n) is 12.8. The minimum atomic E-state index is -0.739. The van der Waals surface area contributed by atoms with Crippen LogP contribution in [0.3, 0.4) is 0 Å². The van der Waals surface area contributed by atoms with Gasteiger partial charge in [0.05, 0.1) is 12.4 Å². The lowest BCUT2D eigenvalue weighted by Gasteiger charge is -2.10. The molecule has 0 fully saturated rings. The summed E-state index contributed by atoms with van der Waals surface area (Å²) in [5.74, 6) is -1.70. The first-order valence-corrected chi connectivity index (χ1v) is 6.93. The summed E-state index contributed by atoms with van der Waals surface area (Å²) >= 11 is 0. The van der Waals surface area contributed by atoms with E-state index in [2.05, 4.69) is 20.6 Å². The summed E-state index contributed by atoms with van der Waals surface area (Å²) < 4.78 is 27.1. The van der Waals surface area contributed by atoms with Crippen molar-refractivity contribution in [1.29, 1.82) is 0 Å². The highest BCUT2D eigenvalue weighted by atomic mass is 19.1. The number of para-hydroxylation sites is 1. The van der Waals surface area contributed by atoms with Crippen molar-refractivity contribution < 1.29 is 13.6 Å². The van der Waals surface area contributed by atoms with Gasteiger partial charge in [0.1, 0.15) is 28.8 Å². The van der Waals surface area contributed by atoms with E-state index < -0.39 is 11.6 Å². The van der Waals surface area contributed by atoms with Gasteiger partial charge in [-0.1, -0.05) is 6.07 Å². The Morgan fingerprint density at radius 3 is 2.43 bits per heavy atom. The van der Waals surface area contributed by atoms with Gasteiger partial charge >= 0.3 is 0 Å².